The zero-order valence-corrected chi connectivity index (χ0v) is 17.7. The van der Waals surface area contributed by atoms with Crippen LogP contribution in [0.4, 0.5) is 5.69 Å². The number of nitrogens with one attached hydrogen (secondary N) is 2. The Hall–Kier alpha value is -2.82. The van der Waals surface area contributed by atoms with Crippen molar-refractivity contribution in [3.8, 4) is 5.75 Å². The van der Waals surface area contributed by atoms with Gasteiger partial charge in [0.05, 0.1) is 11.0 Å². The van der Waals surface area contributed by atoms with Crippen LogP contribution in [0.1, 0.15) is 56.3 Å². The number of anilines is 1. The molecule has 4 saturated carbocycles. The number of amides is 1. The number of rotatable bonds is 5. The van der Waals surface area contributed by atoms with Gasteiger partial charge in [-0.15, -0.1) is 0 Å². The van der Waals surface area contributed by atoms with Gasteiger partial charge in [-0.25, -0.2) is 4.98 Å². The van der Waals surface area contributed by atoms with Crippen LogP contribution in [0.15, 0.2) is 42.5 Å². The zero-order valence-electron chi connectivity index (χ0n) is 17.7. The molecule has 0 atom stereocenters. The van der Waals surface area contributed by atoms with E-state index in [0.717, 1.165) is 45.9 Å². The van der Waals surface area contributed by atoms with Crippen molar-refractivity contribution in [3.05, 3.63) is 53.9 Å². The van der Waals surface area contributed by atoms with Gasteiger partial charge in [-0.2, -0.15) is 0 Å². The molecular weight excluding hydrogens is 386 g/mol. The third-order valence-electron chi connectivity index (χ3n) is 7.80. The second kappa shape index (κ2) is 7.11. The van der Waals surface area contributed by atoms with Crippen LogP contribution in [0.2, 0.25) is 0 Å². The lowest BCUT2D eigenvalue weighted by molar-refractivity contribution is -0.124. The topological polar surface area (TPSA) is 78.0 Å². The van der Waals surface area contributed by atoms with Crippen LogP contribution in [-0.2, 0) is 11.2 Å². The average molecular weight is 416 g/mol. The Kier molecular flexibility index (Phi) is 4.34. The van der Waals surface area contributed by atoms with E-state index >= 15 is 0 Å². The van der Waals surface area contributed by atoms with E-state index in [2.05, 4.69) is 15.3 Å². The normalized spacial score (nSPS) is 28.8. The van der Waals surface area contributed by atoms with Crippen molar-refractivity contribution >= 4 is 22.6 Å². The first-order chi connectivity index (χ1) is 15.0. The van der Waals surface area contributed by atoms with Crippen LogP contribution < -0.4 is 5.32 Å². The summed E-state index contributed by atoms with van der Waals surface area (Å²) in [6.07, 6.45) is 9.27. The lowest BCUT2D eigenvalue weighted by atomic mass is 9.49. The molecule has 160 valence electrons. The molecule has 7 rings (SSSR count). The predicted molar refractivity (Wildman–Crippen MR) is 121 cm³/mol. The van der Waals surface area contributed by atoms with Crippen LogP contribution in [0.25, 0.3) is 11.0 Å². The summed E-state index contributed by atoms with van der Waals surface area (Å²) < 4.78 is 0. The maximum Gasteiger partial charge on any atom is 0.224 e. The molecular formula is C26H29N3O2. The minimum Gasteiger partial charge on any atom is -0.508 e. The van der Waals surface area contributed by atoms with E-state index in [1.54, 1.807) is 12.1 Å². The molecule has 1 amide bonds. The van der Waals surface area contributed by atoms with E-state index in [-0.39, 0.29) is 17.1 Å². The van der Waals surface area contributed by atoms with Gasteiger partial charge in [0.1, 0.15) is 11.6 Å². The summed E-state index contributed by atoms with van der Waals surface area (Å²) in [5.74, 6) is 3.86. The molecule has 4 aliphatic rings. The number of hydrogen-bond acceptors (Lipinski definition) is 3. The molecule has 3 aromatic rings. The third-order valence-corrected chi connectivity index (χ3v) is 7.80. The SMILES string of the molecule is O=C(CC12CC3CC(CC(C3)C1)C2)Nc1ccc2nc(Cc3cccc(O)c3)[nH]c2c1. The zero-order chi connectivity index (χ0) is 21.0. The molecule has 31 heavy (non-hydrogen) atoms. The highest BCUT2D eigenvalue weighted by atomic mass is 16.3. The highest BCUT2D eigenvalue weighted by molar-refractivity contribution is 5.93. The summed E-state index contributed by atoms with van der Waals surface area (Å²) in [7, 11) is 0. The molecule has 4 fully saturated rings. The predicted octanol–water partition coefficient (Wildman–Crippen LogP) is 5.40. The van der Waals surface area contributed by atoms with Crippen molar-refractivity contribution < 1.29 is 9.90 Å². The van der Waals surface area contributed by atoms with Gasteiger partial charge in [0.15, 0.2) is 0 Å². The molecule has 1 aromatic heterocycles. The number of nitrogens with zero attached hydrogens (tertiary/aromatic N) is 1. The lowest BCUT2D eigenvalue weighted by Gasteiger charge is -2.56. The molecule has 2 aromatic carbocycles. The molecule has 4 aliphatic carbocycles. The molecule has 0 aliphatic heterocycles. The van der Waals surface area contributed by atoms with E-state index < -0.39 is 0 Å². The van der Waals surface area contributed by atoms with Gasteiger partial charge in [0.25, 0.3) is 0 Å². The van der Waals surface area contributed by atoms with Gasteiger partial charge in [0.2, 0.25) is 5.91 Å². The molecule has 0 radical (unpaired) electrons. The number of aromatic hydroxyl groups is 1. The summed E-state index contributed by atoms with van der Waals surface area (Å²) in [6, 6.07) is 13.1. The van der Waals surface area contributed by atoms with E-state index in [1.807, 2.05) is 30.3 Å². The summed E-state index contributed by atoms with van der Waals surface area (Å²) in [5.41, 5.74) is 3.89. The van der Waals surface area contributed by atoms with Gasteiger partial charge < -0.3 is 15.4 Å². The quantitative estimate of drug-likeness (QED) is 0.522. The number of benzene rings is 2. The molecule has 5 heteroatoms. The number of imidazole rings is 1. The van der Waals surface area contributed by atoms with Gasteiger partial charge in [-0.3, -0.25) is 4.79 Å². The molecule has 0 unspecified atom stereocenters. The Bertz CT molecular complexity index is 1110. The minimum atomic E-state index is 0.154. The van der Waals surface area contributed by atoms with Crippen molar-refractivity contribution in [2.75, 3.05) is 5.32 Å². The monoisotopic (exact) mass is 415 g/mol. The summed E-state index contributed by atoms with van der Waals surface area (Å²) >= 11 is 0. The Labute approximate surface area is 182 Å². The molecule has 1 heterocycles. The summed E-state index contributed by atoms with van der Waals surface area (Å²) in [4.78, 5) is 21.0. The fourth-order valence-corrected chi connectivity index (χ4v) is 7.14. The van der Waals surface area contributed by atoms with Crippen molar-refractivity contribution in [2.24, 2.45) is 23.2 Å². The molecule has 5 nitrogen and oxygen atoms in total. The number of carbonyl (C=O) groups excluding carboxylic acids is 1. The fourth-order valence-electron chi connectivity index (χ4n) is 7.14. The van der Waals surface area contributed by atoms with E-state index in [9.17, 15) is 9.90 Å². The second-order valence-corrected chi connectivity index (χ2v) is 10.4. The second-order valence-electron chi connectivity index (χ2n) is 10.4. The number of hydrogen-bond donors (Lipinski definition) is 3. The van der Waals surface area contributed by atoms with Gasteiger partial charge in [0, 0.05) is 18.5 Å². The van der Waals surface area contributed by atoms with Crippen molar-refractivity contribution in [3.63, 3.8) is 0 Å². The van der Waals surface area contributed by atoms with Crippen LogP contribution in [-0.4, -0.2) is 21.0 Å². The van der Waals surface area contributed by atoms with Crippen LogP contribution >= 0.6 is 0 Å². The fraction of sp³-hybridized carbons (Fsp3) is 0.462. The number of carbonyl (C=O) groups is 1. The maximum atomic E-state index is 13.0. The van der Waals surface area contributed by atoms with E-state index in [1.165, 1.54) is 38.5 Å². The lowest BCUT2D eigenvalue weighted by Crippen LogP contribution is -2.47. The van der Waals surface area contributed by atoms with Gasteiger partial charge >= 0.3 is 0 Å². The van der Waals surface area contributed by atoms with E-state index in [4.69, 9.17) is 0 Å². The van der Waals surface area contributed by atoms with E-state index in [0.29, 0.717) is 12.8 Å². The Morgan fingerprint density at radius 3 is 2.52 bits per heavy atom. The van der Waals surface area contributed by atoms with Gasteiger partial charge in [-0.05, 0) is 97.6 Å². The molecule has 0 saturated heterocycles. The van der Waals surface area contributed by atoms with Crippen LogP contribution in [0, 0.1) is 23.2 Å². The summed E-state index contributed by atoms with van der Waals surface area (Å²) in [6.45, 7) is 0. The summed E-state index contributed by atoms with van der Waals surface area (Å²) in [5, 5.41) is 12.8. The van der Waals surface area contributed by atoms with Crippen molar-refractivity contribution in [1.29, 1.82) is 0 Å². The highest BCUT2D eigenvalue weighted by Gasteiger charge is 2.51. The number of aromatic nitrogens is 2. The van der Waals surface area contributed by atoms with Crippen LogP contribution in [0.5, 0.6) is 5.75 Å². The number of H-pyrrole nitrogens is 1. The maximum absolute atomic E-state index is 13.0. The number of aromatic amines is 1. The standard InChI is InChI=1S/C26H29N3O2/c30-21-3-1-2-16(9-21)10-24-28-22-5-4-20(11-23(22)29-24)27-25(31)15-26-12-17-6-18(13-26)8-19(7-17)14-26/h1-5,9,11,17-19,30H,6-8,10,12-15H2,(H,27,31)(H,28,29). The van der Waals surface area contributed by atoms with Crippen LogP contribution in [0.3, 0.4) is 0 Å². The van der Waals surface area contributed by atoms with Crippen molar-refractivity contribution in [1.82, 2.24) is 9.97 Å². The minimum absolute atomic E-state index is 0.154. The van der Waals surface area contributed by atoms with Crippen molar-refractivity contribution in [2.45, 2.75) is 51.4 Å². The molecule has 0 spiro atoms. The first kappa shape index (κ1) is 18.9. The Balaban J connectivity index is 1.15. The first-order valence-corrected chi connectivity index (χ1v) is 11.6. The Morgan fingerprint density at radius 1 is 1.06 bits per heavy atom. The third kappa shape index (κ3) is 3.71. The first-order valence-electron chi connectivity index (χ1n) is 11.6. The molecule has 3 N–H and O–H groups in total. The largest absolute Gasteiger partial charge is 0.508 e. The highest BCUT2D eigenvalue weighted by Crippen LogP contribution is 2.61. The Morgan fingerprint density at radius 2 is 1.81 bits per heavy atom. The number of phenols is 1. The van der Waals surface area contributed by atoms with Gasteiger partial charge in [-0.1, -0.05) is 12.1 Å². The number of fused-ring (bicyclic) bond motifs is 1. The average Bonchev–Trinajstić information content (AvgIpc) is 3.07. The smallest absolute Gasteiger partial charge is 0.224 e. The molecule has 4 bridgehead atoms. The number of phenolic OH excluding ortho intramolecular Hbond substituents is 1.